The van der Waals surface area contributed by atoms with E-state index in [9.17, 15) is 4.79 Å². The minimum Gasteiger partial charge on any atom is -1.00 e. The second-order valence-electron chi connectivity index (χ2n) is 5.41. The molecule has 1 atom stereocenters. The molecule has 0 heterocycles. The molecule has 22 heavy (non-hydrogen) atoms. The van der Waals surface area contributed by atoms with Gasteiger partial charge in [-0.05, 0) is 64.8 Å². The van der Waals surface area contributed by atoms with Crippen LogP contribution in [0.4, 0.5) is 0 Å². The zero-order valence-corrected chi connectivity index (χ0v) is 14.9. The summed E-state index contributed by atoms with van der Waals surface area (Å²) >= 11 is 0. The third-order valence-electron chi connectivity index (χ3n) is 3.19. The molecule has 0 fully saturated rings. The number of carbonyl (C=O) groups is 1. The van der Waals surface area contributed by atoms with Gasteiger partial charge in [0.25, 0.3) is 0 Å². The maximum absolute atomic E-state index is 12.5. The zero-order valence-electron chi connectivity index (χ0n) is 14.9. The summed E-state index contributed by atoms with van der Waals surface area (Å²) in [6.45, 7) is 7.98. The predicted octanol–water partition coefficient (Wildman–Crippen LogP) is 1.35. The van der Waals surface area contributed by atoms with Gasteiger partial charge in [0.15, 0.2) is 5.52 Å². The van der Waals surface area contributed by atoms with Gasteiger partial charge < -0.3 is 6.16 Å². The molecule has 0 saturated carbocycles. The van der Waals surface area contributed by atoms with Crippen LogP contribution in [-0.2, 0) is 0 Å². The number of hydrogen-bond donors (Lipinski definition) is 0. The Balaban J connectivity index is 0.00000242. The van der Waals surface area contributed by atoms with Gasteiger partial charge in [-0.25, -0.2) is 0 Å². The zero-order chi connectivity index (χ0) is 15.4. The van der Waals surface area contributed by atoms with E-state index in [1.807, 2.05) is 70.2 Å². The van der Waals surface area contributed by atoms with Crippen LogP contribution in [0.5, 0.6) is 5.75 Å². The molecular formula is C18H22LiO2P. The first-order valence-corrected chi connectivity index (χ1v) is 8.11. The monoisotopic (exact) mass is 308 g/mol. The Hall–Kier alpha value is -1.06. The Bertz CT molecular complexity index is 622. The number of hydrogen-bond acceptors (Lipinski definition) is 2. The van der Waals surface area contributed by atoms with Crippen LogP contribution in [0.3, 0.4) is 0 Å². The molecule has 2 aromatic rings. The van der Waals surface area contributed by atoms with Crippen molar-refractivity contribution in [2.24, 2.45) is 0 Å². The van der Waals surface area contributed by atoms with Crippen molar-refractivity contribution in [3.63, 3.8) is 0 Å². The molecule has 0 bridgehead atoms. The molecular weight excluding hydrogens is 286 g/mol. The molecule has 112 valence electrons. The van der Waals surface area contributed by atoms with Crippen LogP contribution >= 0.6 is 8.58 Å². The van der Waals surface area contributed by atoms with E-state index >= 15 is 0 Å². The molecule has 0 aliphatic rings. The molecule has 0 spiro atoms. The molecule has 2 rings (SSSR count). The van der Waals surface area contributed by atoms with Crippen LogP contribution < -0.4 is 28.9 Å². The normalized spacial score (nSPS) is 10.8. The third-order valence-corrected chi connectivity index (χ3v) is 4.29. The van der Waals surface area contributed by atoms with E-state index in [1.165, 1.54) is 0 Å². The van der Waals surface area contributed by atoms with Crippen LogP contribution in [0.2, 0.25) is 0 Å². The van der Waals surface area contributed by atoms with Crippen LogP contribution in [0.25, 0.3) is 0 Å². The summed E-state index contributed by atoms with van der Waals surface area (Å²) in [7, 11) is 0.146. The molecule has 4 heteroatoms. The molecule has 1 unspecified atom stereocenters. The van der Waals surface area contributed by atoms with Crippen molar-refractivity contribution in [1.29, 1.82) is 0 Å². The van der Waals surface area contributed by atoms with E-state index < -0.39 is 0 Å². The van der Waals surface area contributed by atoms with Gasteiger partial charge in [-0.2, -0.15) is 0 Å². The maximum atomic E-state index is 12.5. The smallest absolute Gasteiger partial charge is 1.00 e. The molecule has 2 aromatic carbocycles. The van der Waals surface area contributed by atoms with E-state index in [2.05, 4.69) is 0 Å². The Morgan fingerprint density at radius 1 is 1.05 bits per heavy atom. The largest absolute Gasteiger partial charge is 1.00 e. The summed E-state index contributed by atoms with van der Waals surface area (Å²) < 4.78 is 5.62. The minimum atomic E-state index is 0. The molecule has 0 aliphatic carbocycles. The van der Waals surface area contributed by atoms with Gasteiger partial charge in [-0.15, -0.1) is 0 Å². The van der Waals surface area contributed by atoms with E-state index in [0.29, 0.717) is 0 Å². The quantitative estimate of drug-likeness (QED) is 0.616. The topological polar surface area (TPSA) is 26.3 Å². The van der Waals surface area contributed by atoms with Gasteiger partial charge in [-0.1, -0.05) is 30.3 Å². The summed E-state index contributed by atoms with van der Waals surface area (Å²) in [4.78, 5) is 12.5. The second kappa shape index (κ2) is 8.54. The number of ether oxygens (including phenoxy) is 1. The number of carbonyl (C=O) groups excluding carboxylic acids is 1. The minimum absolute atomic E-state index is 0. The van der Waals surface area contributed by atoms with Crippen molar-refractivity contribution < 1.29 is 29.8 Å². The van der Waals surface area contributed by atoms with E-state index in [0.717, 1.165) is 27.7 Å². The van der Waals surface area contributed by atoms with Gasteiger partial charge in [0, 0.05) is 5.56 Å². The van der Waals surface area contributed by atoms with Gasteiger partial charge in [0.05, 0.1) is 6.10 Å². The van der Waals surface area contributed by atoms with Gasteiger partial charge >= 0.3 is 18.9 Å². The van der Waals surface area contributed by atoms with Crippen molar-refractivity contribution in [1.82, 2.24) is 0 Å². The first-order valence-electron chi connectivity index (χ1n) is 7.11. The maximum Gasteiger partial charge on any atom is 1.00 e. The number of rotatable bonds is 5. The van der Waals surface area contributed by atoms with Crippen molar-refractivity contribution in [2.45, 2.75) is 33.8 Å². The fourth-order valence-electron chi connectivity index (χ4n) is 2.26. The fourth-order valence-corrected chi connectivity index (χ4v) is 3.37. The van der Waals surface area contributed by atoms with Crippen LogP contribution in [0.1, 0.15) is 36.8 Å². The Morgan fingerprint density at radius 2 is 1.59 bits per heavy atom. The summed E-state index contributed by atoms with van der Waals surface area (Å²) in [5.74, 6) is 0.845. The fraction of sp³-hybridized carbons (Fsp3) is 0.278. The molecule has 0 radical (unpaired) electrons. The Labute approximate surface area is 148 Å². The van der Waals surface area contributed by atoms with E-state index in [4.69, 9.17) is 4.74 Å². The number of aryl methyl sites for hydroxylation is 2. The molecule has 0 N–H and O–H groups in total. The summed E-state index contributed by atoms with van der Waals surface area (Å²) in [5, 5.41) is 1.04. The van der Waals surface area contributed by atoms with Crippen molar-refractivity contribution in [2.75, 3.05) is 0 Å². The molecule has 0 aromatic heterocycles. The molecule has 2 nitrogen and oxygen atoms in total. The average Bonchev–Trinajstić information content (AvgIpc) is 2.40. The predicted molar refractivity (Wildman–Crippen MR) is 91.5 cm³/mol. The Kier molecular flexibility index (Phi) is 7.37. The molecule has 0 aliphatic heterocycles. The number of benzene rings is 2. The first kappa shape index (κ1) is 19.0. The van der Waals surface area contributed by atoms with Crippen molar-refractivity contribution >= 4 is 19.4 Å². The summed E-state index contributed by atoms with van der Waals surface area (Å²) in [6.07, 6.45) is 0.162. The van der Waals surface area contributed by atoms with Crippen LogP contribution in [-0.4, -0.2) is 11.6 Å². The average molecular weight is 308 g/mol. The van der Waals surface area contributed by atoms with E-state index in [-0.39, 0.29) is 40.5 Å². The third kappa shape index (κ3) is 4.99. The van der Waals surface area contributed by atoms with Gasteiger partial charge in [-0.3, -0.25) is 4.79 Å². The summed E-state index contributed by atoms with van der Waals surface area (Å²) in [5.41, 5.74) is 3.15. The first-order chi connectivity index (χ1) is 9.97. The van der Waals surface area contributed by atoms with Crippen molar-refractivity contribution in [3.8, 4) is 5.75 Å². The van der Waals surface area contributed by atoms with Crippen molar-refractivity contribution in [3.05, 3.63) is 59.2 Å². The Morgan fingerprint density at radius 3 is 2.09 bits per heavy atom. The van der Waals surface area contributed by atoms with E-state index in [1.54, 1.807) is 0 Å². The second-order valence-corrected chi connectivity index (χ2v) is 6.69. The molecule has 0 amide bonds. The van der Waals surface area contributed by atoms with Crippen LogP contribution in [0, 0.1) is 13.8 Å². The summed E-state index contributed by atoms with van der Waals surface area (Å²) in [6, 6.07) is 13.8. The SMILES string of the molecule is Cc1cccc(C)c1C(=O)Pc1ccc(OC(C)C)cc1.[H-].[Li+]. The van der Waals surface area contributed by atoms with Crippen LogP contribution in [0.15, 0.2) is 42.5 Å². The molecule has 0 saturated heterocycles. The van der Waals surface area contributed by atoms with Gasteiger partial charge in [0.1, 0.15) is 5.75 Å². The van der Waals surface area contributed by atoms with Gasteiger partial charge in [0.2, 0.25) is 0 Å². The standard InChI is InChI=1S/C18H21O2P.Li.H/c1-12(2)20-15-8-10-16(11-9-15)21-18(19)17-13(3)6-5-7-14(17)4;;/h5-12,21H,1-4H3;;/q;+1;-1.